The second-order valence-electron chi connectivity index (χ2n) is 5.28. The van der Waals surface area contributed by atoms with Gasteiger partial charge in [-0.2, -0.15) is 0 Å². The highest BCUT2D eigenvalue weighted by Crippen LogP contribution is 2.21. The van der Waals surface area contributed by atoms with E-state index in [1.54, 1.807) is 0 Å². The predicted molar refractivity (Wildman–Crippen MR) is 92.1 cm³/mol. The molecule has 3 aromatic rings. The third-order valence-electron chi connectivity index (χ3n) is 3.42. The molecular formula is C19H13FN2O4. The second-order valence-corrected chi connectivity index (χ2v) is 5.28. The summed E-state index contributed by atoms with van der Waals surface area (Å²) < 4.78 is 18.4. The van der Waals surface area contributed by atoms with Gasteiger partial charge < -0.3 is 15.2 Å². The molecule has 2 N–H and O–H groups in total. The van der Waals surface area contributed by atoms with Crippen molar-refractivity contribution < 1.29 is 23.8 Å². The van der Waals surface area contributed by atoms with Gasteiger partial charge >= 0.3 is 5.97 Å². The van der Waals surface area contributed by atoms with E-state index in [9.17, 15) is 14.0 Å². The summed E-state index contributed by atoms with van der Waals surface area (Å²) in [5.41, 5.74) is 0.902. The Hall–Kier alpha value is -3.74. The monoisotopic (exact) mass is 352 g/mol. The number of benzene rings is 2. The lowest BCUT2D eigenvalue weighted by Crippen LogP contribution is -2.12. The van der Waals surface area contributed by atoms with Crippen molar-refractivity contribution in [3.05, 3.63) is 83.8 Å². The molecule has 6 nitrogen and oxygen atoms in total. The molecule has 26 heavy (non-hydrogen) atoms. The summed E-state index contributed by atoms with van der Waals surface area (Å²) in [5, 5.41) is 11.5. The van der Waals surface area contributed by atoms with Crippen molar-refractivity contribution in [2.45, 2.75) is 0 Å². The number of nitrogens with zero attached hydrogens (tertiary/aromatic N) is 1. The largest absolute Gasteiger partial charge is 0.478 e. The summed E-state index contributed by atoms with van der Waals surface area (Å²) in [7, 11) is 0. The average molecular weight is 352 g/mol. The summed E-state index contributed by atoms with van der Waals surface area (Å²) in [6.45, 7) is 0. The van der Waals surface area contributed by atoms with Gasteiger partial charge in [-0.3, -0.25) is 4.79 Å². The Labute approximate surface area is 147 Å². The number of pyridine rings is 1. The van der Waals surface area contributed by atoms with Crippen molar-refractivity contribution in [3.8, 4) is 11.6 Å². The fourth-order valence-electron chi connectivity index (χ4n) is 2.13. The molecular weight excluding hydrogens is 339 g/mol. The van der Waals surface area contributed by atoms with E-state index >= 15 is 0 Å². The van der Waals surface area contributed by atoms with Crippen LogP contribution in [0.2, 0.25) is 0 Å². The summed E-state index contributed by atoms with van der Waals surface area (Å²) in [6, 6.07) is 14.2. The number of amides is 1. The fourth-order valence-corrected chi connectivity index (χ4v) is 2.13. The molecule has 0 saturated carbocycles. The predicted octanol–water partition coefficient (Wildman–Crippen LogP) is 3.96. The van der Waals surface area contributed by atoms with Gasteiger partial charge in [-0.05, 0) is 54.6 Å². The van der Waals surface area contributed by atoms with Crippen LogP contribution in [0.5, 0.6) is 11.6 Å². The molecule has 0 unspecified atom stereocenters. The molecule has 2 aromatic carbocycles. The lowest BCUT2D eigenvalue weighted by atomic mass is 10.2. The minimum atomic E-state index is -1.03. The molecule has 0 aliphatic rings. The van der Waals surface area contributed by atoms with Crippen LogP contribution < -0.4 is 10.1 Å². The van der Waals surface area contributed by atoms with Gasteiger partial charge in [0.1, 0.15) is 11.6 Å². The van der Waals surface area contributed by atoms with Gasteiger partial charge in [0.25, 0.3) is 5.91 Å². The van der Waals surface area contributed by atoms with Crippen molar-refractivity contribution in [2.24, 2.45) is 0 Å². The van der Waals surface area contributed by atoms with Crippen molar-refractivity contribution in [1.82, 2.24) is 4.98 Å². The van der Waals surface area contributed by atoms with E-state index in [1.807, 2.05) is 0 Å². The quantitative estimate of drug-likeness (QED) is 0.725. The zero-order chi connectivity index (χ0) is 18.5. The summed E-state index contributed by atoms with van der Waals surface area (Å²) in [5.74, 6) is -1.26. The van der Waals surface area contributed by atoms with Crippen molar-refractivity contribution >= 4 is 17.6 Å². The zero-order valence-electron chi connectivity index (χ0n) is 13.3. The zero-order valence-corrected chi connectivity index (χ0v) is 13.3. The molecule has 0 atom stereocenters. The Morgan fingerprint density at radius 3 is 2.31 bits per heavy atom. The van der Waals surface area contributed by atoms with Gasteiger partial charge in [-0.1, -0.05) is 0 Å². The summed E-state index contributed by atoms with van der Waals surface area (Å²) >= 11 is 0. The molecule has 7 heteroatoms. The van der Waals surface area contributed by atoms with Gasteiger partial charge in [-0.15, -0.1) is 0 Å². The van der Waals surface area contributed by atoms with Crippen LogP contribution in [0.15, 0.2) is 66.9 Å². The first kappa shape index (κ1) is 17.1. The summed E-state index contributed by atoms with van der Waals surface area (Å²) in [4.78, 5) is 27.1. The number of carboxylic acids is 1. The minimum absolute atomic E-state index is 0.137. The number of rotatable bonds is 5. The Balaban J connectivity index is 1.72. The number of aromatic carboxylic acids is 1. The molecule has 0 radical (unpaired) electrons. The lowest BCUT2D eigenvalue weighted by molar-refractivity contribution is 0.0696. The van der Waals surface area contributed by atoms with Gasteiger partial charge in [-0.25, -0.2) is 14.2 Å². The number of carbonyl (C=O) groups is 2. The minimum Gasteiger partial charge on any atom is -0.478 e. The topological polar surface area (TPSA) is 88.5 Å². The number of carboxylic acid groups (broad SMARTS) is 1. The number of anilines is 1. The first-order valence-corrected chi connectivity index (χ1v) is 7.55. The Bertz CT molecular complexity index is 941. The van der Waals surface area contributed by atoms with Crippen LogP contribution in [0, 0.1) is 5.82 Å². The Morgan fingerprint density at radius 1 is 0.962 bits per heavy atom. The van der Waals surface area contributed by atoms with Gasteiger partial charge in [0.15, 0.2) is 0 Å². The molecule has 1 aromatic heterocycles. The van der Waals surface area contributed by atoms with Crippen LogP contribution in [0.4, 0.5) is 10.1 Å². The highest BCUT2D eigenvalue weighted by atomic mass is 19.1. The normalized spacial score (nSPS) is 10.2. The molecule has 130 valence electrons. The van der Waals surface area contributed by atoms with Gasteiger partial charge in [0.05, 0.1) is 5.56 Å². The number of aromatic nitrogens is 1. The molecule has 0 aliphatic carbocycles. The molecule has 3 rings (SSSR count). The van der Waals surface area contributed by atoms with Gasteiger partial charge in [0, 0.05) is 23.5 Å². The maximum Gasteiger partial charge on any atom is 0.335 e. The highest BCUT2D eigenvalue weighted by molar-refractivity contribution is 6.04. The van der Waals surface area contributed by atoms with Crippen molar-refractivity contribution in [2.75, 3.05) is 5.32 Å². The maximum absolute atomic E-state index is 12.9. The first-order chi connectivity index (χ1) is 12.5. The number of hydrogen-bond acceptors (Lipinski definition) is 4. The van der Waals surface area contributed by atoms with Crippen LogP contribution in [0.1, 0.15) is 20.7 Å². The SMILES string of the molecule is O=C(O)c1ccc(Oc2cc(C(=O)Nc3ccc(F)cc3)ccn2)cc1. The lowest BCUT2D eigenvalue weighted by Gasteiger charge is -2.08. The molecule has 0 saturated heterocycles. The van der Waals surface area contributed by atoms with E-state index in [2.05, 4.69) is 10.3 Å². The maximum atomic E-state index is 12.9. The molecule has 0 bridgehead atoms. The van der Waals surface area contributed by atoms with E-state index in [-0.39, 0.29) is 11.4 Å². The van der Waals surface area contributed by atoms with Crippen LogP contribution in [-0.4, -0.2) is 22.0 Å². The number of hydrogen-bond donors (Lipinski definition) is 2. The Morgan fingerprint density at radius 2 is 1.65 bits per heavy atom. The number of nitrogens with one attached hydrogen (secondary N) is 1. The van der Waals surface area contributed by atoms with E-state index in [1.165, 1.54) is 66.9 Å². The highest BCUT2D eigenvalue weighted by Gasteiger charge is 2.09. The van der Waals surface area contributed by atoms with Gasteiger partial charge in [0.2, 0.25) is 5.88 Å². The van der Waals surface area contributed by atoms with Crippen LogP contribution in [0.25, 0.3) is 0 Å². The van der Waals surface area contributed by atoms with Crippen LogP contribution in [-0.2, 0) is 0 Å². The molecule has 0 aliphatic heterocycles. The average Bonchev–Trinajstić information content (AvgIpc) is 2.64. The molecule has 1 amide bonds. The Kier molecular flexibility index (Phi) is 4.89. The number of carbonyl (C=O) groups excluding carboxylic acids is 1. The second kappa shape index (κ2) is 7.43. The fraction of sp³-hybridized carbons (Fsp3) is 0. The third kappa shape index (κ3) is 4.21. The molecule has 1 heterocycles. The van der Waals surface area contributed by atoms with Crippen LogP contribution in [0.3, 0.4) is 0 Å². The van der Waals surface area contributed by atoms with Crippen LogP contribution >= 0.6 is 0 Å². The summed E-state index contributed by atoms with van der Waals surface area (Å²) in [6.07, 6.45) is 1.42. The third-order valence-corrected chi connectivity index (χ3v) is 3.42. The standard InChI is InChI=1S/C19H13FN2O4/c20-14-3-5-15(6-4-14)22-18(23)13-9-10-21-17(11-13)26-16-7-1-12(2-8-16)19(24)25/h1-11H,(H,22,23)(H,24,25). The first-order valence-electron chi connectivity index (χ1n) is 7.55. The number of ether oxygens (including phenoxy) is 1. The van der Waals surface area contributed by atoms with E-state index < -0.39 is 17.7 Å². The number of halogens is 1. The van der Waals surface area contributed by atoms with Crippen molar-refractivity contribution in [3.63, 3.8) is 0 Å². The van der Waals surface area contributed by atoms with E-state index in [0.717, 1.165) is 0 Å². The van der Waals surface area contributed by atoms with E-state index in [4.69, 9.17) is 9.84 Å². The van der Waals surface area contributed by atoms with Crippen molar-refractivity contribution in [1.29, 1.82) is 0 Å². The molecule has 0 fully saturated rings. The molecule has 0 spiro atoms. The van der Waals surface area contributed by atoms with E-state index in [0.29, 0.717) is 17.0 Å². The smallest absolute Gasteiger partial charge is 0.335 e.